The summed E-state index contributed by atoms with van der Waals surface area (Å²) in [5, 5.41) is 42.2. The number of nitrogens with zero attached hydrogens (tertiary/aromatic N) is 1. The van der Waals surface area contributed by atoms with Crippen LogP contribution < -0.4 is 20.4 Å². The average molecular weight is 251 g/mol. The van der Waals surface area contributed by atoms with Gasteiger partial charge in [0.15, 0.2) is 0 Å². The van der Waals surface area contributed by atoms with E-state index in [1.54, 1.807) is 0 Å². The first-order chi connectivity index (χ1) is 8.25. The Labute approximate surface area is 97.9 Å². The zero-order valence-corrected chi connectivity index (χ0v) is 8.29. The summed E-state index contributed by atoms with van der Waals surface area (Å²) >= 11 is 0. The Morgan fingerprint density at radius 3 is 1.28 bits per heavy atom. The molecule has 0 amide bonds. The molecule has 0 bridgehead atoms. The quantitative estimate of drug-likeness (QED) is 0.505. The highest BCUT2D eigenvalue weighted by Crippen LogP contribution is 2.12. The maximum absolute atomic E-state index is 10.6. The summed E-state index contributed by atoms with van der Waals surface area (Å²) in [5.74, 6) is -8.34. The number of rotatable bonds is 4. The number of aromatic nitrogens is 1. The first kappa shape index (κ1) is 13.1. The van der Waals surface area contributed by atoms with E-state index in [2.05, 4.69) is 4.98 Å². The molecule has 0 aliphatic carbocycles. The lowest BCUT2D eigenvalue weighted by atomic mass is 10.1. The predicted octanol–water partition coefficient (Wildman–Crippen LogP) is -5.46. The lowest BCUT2D eigenvalue weighted by molar-refractivity contribution is -0.261. The molecule has 9 nitrogen and oxygen atoms in total. The molecule has 9 heteroatoms. The first-order valence-electron chi connectivity index (χ1n) is 4.16. The van der Waals surface area contributed by atoms with E-state index >= 15 is 0 Å². The molecule has 1 aromatic heterocycles. The zero-order valence-electron chi connectivity index (χ0n) is 8.29. The second-order valence-electron chi connectivity index (χ2n) is 2.93. The molecule has 0 aromatic carbocycles. The number of carboxylic acid groups (broad SMARTS) is 4. The first-order valence-corrected chi connectivity index (χ1v) is 4.16. The molecule has 0 unspecified atom stereocenters. The van der Waals surface area contributed by atoms with Gasteiger partial charge in [-0.2, -0.15) is 0 Å². The number of carbonyl (C=O) groups excluding carboxylic acids is 4. The van der Waals surface area contributed by atoms with Gasteiger partial charge in [0.2, 0.25) is 0 Å². The van der Waals surface area contributed by atoms with Crippen LogP contribution in [0.5, 0.6) is 0 Å². The molecular weight excluding hydrogens is 250 g/mol. The van der Waals surface area contributed by atoms with Crippen LogP contribution in [0, 0.1) is 0 Å². The van der Waals surface area contributed by atoms with Crippen molar-refractivity contribution >= 4 is 23.9 Å². The minimum Gasteiger partial charge on any atom is -0.545 e. The Balaban J connectivity index is 3.71. The van der Waals surface area contributed by atoms with E-state index in [1.807, 2.05) is 0 Å². The molecule has 0 aliphatic rings. The van der Waals surface area contributed by atoms with Crippen molar-refractivity contribution in [2.45, 2.75) is 0 Å². The van der Waals surface area contributed by atoms with Crippen LogP contribution in [-0.2, 0) is 0 Å². The van der Waals surface area contributed by atoms with Crippen LogP contribution in [0.4, 0.5) is 0 Å². The topological polar surface area (TPSA) is 173 Å². The van der Waals surface area contributed by atoms with Crippen molar-refractivity contribution in [2.24, 2.45) is 0 Å². The summed E-state index contributed by atoms with van der Waals surface area (Å²) in [6, 6.07) is 0.244. The molecule has 0 atom stereocenters. The van der Waals surface area contributed by atoms with Crippen LogP contribution in [0.15, 0.2) is 6.07 Å². The van der Waals surface area contributed by atoms with Crippen molar-refractivity contribution in [1.82, 2.24) is 4.98 Å². The highest BCUT2D eigenvalue weighted by molar-refractivity contribution is 6.05. The normalized spacial score (nSPS) is 9.78. The van der Waals surface area contributed by atoms with E-state index in [0.29, 0.717) is 0 Å². The van der Waals surface area contributed by atoms with Crippen molar-refractivity contribution in [1.29, 1.82) is 0 Å². The van der Waals surface area contributed by atoms with E-state index in [4.69, 9.17) is 0 Å². The van der Waals surface area contributed by atoms with Gasteiger partial charge >= 0.3 is 0 Å². The SMILES string of the molecule is O=C([O-])c1cc(C(=O)[O-])c(C(=O)[O-])nc1C(=O)[O-]. The summed E-state index contributed by atoms with van der Waals surface area (Å²) < 4.78 is 0. The molecule has 0 saturated carbocycles. The molecule has 0 radical (unpaired) electrons. The Morgan fingerprint density at radius 1 is 0.722 bits per heavy atom. The maximum atomic E-state index is 10.6. The molecule has 18 heavy (non-hydrogen) atoms. The number of pyridine rings is 1. The second kappa shape index (κ2) is 4.49. The minimum absolute atomic E-state index is 0.244. The van der Waals surface area contributed by atoms with E-state index in [1.165, 1.54) is 0 Å². The summed E-state index contributed by atoms with van der Waals surface area (Å²) in [6.45, 7) is 0. The van der Waals surface area contributed by atoms with Gasteiger partial charge in [-0.05, 0) is 6.07 Å². The molecule has 0 fully saturated rings. The molecule has 0 spiro atoms. The lowest BCUT2D eigenvalue weighted by Gasteiger charge is -2.17. The monoisotopic (exact) mass is 251 g/mol. The number of carboxylic acids is 4. The third-order valence-corrected chi connectivity index (χ3v) is 1.85. The van der Waals surface area contributed by atoms with Gasteiger partial charge < -0.3 is 39.6 Å². The van der Waals surface area contributed by atoms with Crippen molar-refractivity contribution in [3.63, 3.8) is 0 Å². The molecule has 0 saturated heterocycles. The number of aromatic carboxylic acids is 4. The van der Waals surface area contributed by atoms with Crippen molar-refractivity contribution in [3.8, 4) is 0 Å². The second-order valence-corrected chi connectivity index (χ2v) is 2.93. The van der Waals surface area contributed by atoms with E-state index in [-0.39, 0.29) is 6.07 Å². The highest BCUT2D eigenvalue weighted by Gasteiger charge is 2.14. The fourth-order valence-electron chi connectivity index (χ4n) is 1.14. The summed E-state index contributed by atoms with van der Waals surface area (Å²) in [4.78, 5) is 45.1. The molecule has 1 rings (SSSR count). The van der Waals surface area contributed by atoms with Crippen LogP contribution in [0.2, 0.25) is 0 Å². The summed E-state index contributed by atoms with van der Waals surface area (Å²) in [5.41, 5.74) is -4.84. The van der Waals surface area contributed by atoms with Crippen molar-refractivity contribution in [3.05, 3.63) is 28.6 Å². The Kier molecular flexibility index (Phi) is 3.27. The fraction of sp³-hybridized carbons (Fsp3) is 0. The van der Waals surface area contributed by atoms with E-state index in [9.17, 15) is 39.6 Å². The lowest BCUT2D eigenvalue weighted by Crippen LogP contribution is -2.36. The van der Waals surface area contributed by atoms with Gasteiger partial charge in [-0.3, -0.25) is 0 Å². The highest BCUT2D eigenvalue weighted by atomic mass is 16.4. The maximum Gasteiger partial charge on any atom is 0.0955 e. The Bertz CT molecular complexity index is 478. The van der Waals surface area contributed by atoms with Gasteiger partial charge in [0.25, 0.3) is 0 Å². The molecule has 1 aromatic rings. The number of hydrogen-bond donors (Lipinski definition) is 0. The van der Waals surface area contributed by atoms with Gasteiger partial charge in [-0.15, -0.1) is 0 Å². The van der Waals surface area contributed by atoms with Gasteiger partial charge in [0.05, 0.1) is 35.3 Å². The van der Waals surface area contributed by atoms with Crippen LogP contribution in [0.1, 0.15) is 41.7 Å². The van der Waals surface area contributed by atoms with Crippen LogP contribution in [0.25, 0.3) is 0 Å². The largest absolute Gasteiger partial charge is 0.545 e. The Hall–Kier alpha value is -2.97. The number of hydrogen-bond acceptors (Lipinski definition) is 9. The molecule has 0 aliphatic heterocycles. The molecule has 94 valence electrons. The van der Waals surface area contributed by atoms with Crippen molar-refractivity contribution < 1.29 is 39.6 Å². The molecule has 0 N–H and O–H groups in total. The van der Waals surface area contributed by atoms with E-state index < -0.39 is 46.4 Å². The van der Waals surface area contributed by atoms with Crippen LogP contribution in [-0.4, -0.2) is 28.9 Å². The fourth-order valence-corrected chi connectivity index (χ4v) is 1.14. The van der Waals surface area contributed by atoms with Gasteiger partial charge in [-0.1, -0.05) is 0 Å². The molecule has 1 heterocycles. The van der Waals surface area contributed by atoms with Crippen molar-refractivity contribution in [2.75, 3.05) is 0 Å². The van der Waals surface area contributed by atoms with Crippen LogP contribution >= 0.6 is 0 Å². The van der Waals surface area contributed by atoms with Gasteiger partial charge in [0, 0.05) is 11.1 Å². The minimum atomic E-state index is -2.11. The third kappa shape index (κ3) is 2.24. The smallest absolute Gasteiger partial charge is 0.0955 e. The summed E-state index contributed by atoms with van der Waals surface area (Å²) in [7, 11) is 0. The van der Waals surface area contributed by atoms with Crippen LogP contribution in [0.3, 0.4) is 0 Å². The predicted molar refractivity (Wildman–Crippen MR) is 41.6 cm³/mol. The van der Waals surface area contributed by atoms with Gasteiger partial charge in [0.1, 0.15) is 0 Å². The summed E-state index contributed by atoms with van der Waals surface area (Å²) in [6.07, 6.45) is 0. The third-order valence-electron chi connectivity index (χ3n) is 1.85. The molecular formula is C9HNO8-4. The van der Waals surface area contributed by atoms with Gasteiger partial charge in [-0.25, -0.2) is 4.98 Å². The van der Waals surface area contributed by atoms with E-state index in [0.717, 1.165) is 0 Å². The number of carbonyl (C=O) groups is 4. The Morgan fingerprint density at radius 2 is 1.06 bits per heavy atom. The standard InChI is InChI=1S/C9H5NO8/c11-6(12)2-1-3(7(13)14)5(9(17)18)10-4(2)8(15)16/h1H,(H,11,12)(H,13,14)(H,15,16)(H,17,18)/p-4. The zero-order chi connectivity index (χ0) is 14.0. The average Bonchev–Trinajstić information content (AvgIpc) is 2.26.